The number of carbonyl (C=O) groups is 1. The molecule has 1 amide bonds. The molecule has 1 N–H and O–H groups in total. The monoisotopic (exact) mass is 368 g/mol. The highest BCUT2D eigenvalue weighted by molar-refractivity contribution is 5.85. The van der Waals surface area contributed by atoms with E-state index in [1.165, 1.54) is 40.6 Å². The summed E-state index contributed by atoms with van der Waals surface area (Å²) in [6.07, 6.45) is 2.54. The zero-order valence-corrected chi connectivity index (χ0v) is 17.1. The van der Waals surface area contributed by atoms with Gasteiger partial charge in [0, 0.05) is 62.9 Å². The van der Waals surface area contributed by atoms with Gasteiger partial charge in [0.25, 0.3) is 0 Å². The number of nitrogens with one attached hydrogen (secondary N) is 1. The van der Waals surface area contributed by atoms with Gasteiger partial charge < -0.3 is 9.88 Å². The van der Waals surface area contributed by atoms with E-state index in [9.17, 15) is 4.79 Å². The van der Waals surface area contributed by atoms with Crippen molar-refractivity contribution in [2.75, 3.05) is 40.3 Å². The Labute approximate surface area is 162 Å². The molecule has 0 spiro atoms. The minimum atomic E-state index is 0.213. The molecule has 146 valence electrons. The number of likely N-dealkylation sites (N-methyl/N-ethyl adjacent to an activating group) is 1. The van der Waals surface area contributed by atoms with Crippen LogP contribution in [-0.2, 0) is 11.3 Å². The molecule has 3 saturated heterocycles. The number of benzene rings is 1. The van der Waals surface area contributed by atoms with Crippen molar-refractivity contribution in [2.24, 2.45) is 5.92 Å². The SMILES string of the molecule is Cc1ccc2[nH]c(CN3C[C@H]4CC[C@@H]3CN(CC(=O)N(C)C)C4)c(C)c2c1. The van der Waals surface area contributed by atoms with Gasteiger partial charge in [-0.2, -0.15) is 0 Å². The largest absolute Gasteiger partial charge is 0.357 e. The summed E-state index contributed by atoms with van der Waals surface area (Å²) in [7, 11) is 3.70. The molecule has 2 aromatic rings. The van der Waals surface area contributed by atoms with Crippen LogP contribution in [0.1, 0.15) is 29.7 Å². The van der Waals surface area contributed by atoms with E-state index in [1.807, 2.05) is 14.1 Å². The highest BCUT2D eigenvalue weighted by Gasteiger charge is 2.35. The van der Waals surface area contributed by atoms with Gasteiger partial charge >= 0.3 is 0 Å². The Balaban J connectivity index is 1.51. The summed E-state index contributed by atoms with van der Waals surface area (Å²) < 4.78 is 0. The number of amides is 1. The Kier molecular flexibility index (Phi) is 4.99. The normalized spacial score (nSPS) is 23.7. The maximum absolute atomic E-state index is 12.2. The van der Waals surface area contributed by atoms with Crippen molar-refractivity contribution >= 4 is 16.8 Å². The van der Waals surface area contributed by atoms with Crippen molar-refractivity contribution in [3.63, 3.8) is 0 Å². The number of aryl methyl sites for hydroxylation is 2. The Morgan fingerprint density at radius 2 is 2.00 bits per heavy atom. The maximum atomic E-state index is 12.2. The summed E-state index contributed by atoms with van der Waals surface area (Å²) in [5, 5.41) is 1.35. The van der Waals surface area contributed by atoms with Gasteiger partial charge in [-0.3, -0.25) is 14.6 Å². The number of hydrogen-bond donors (Lipinski definition) is 1. The van der Waals surface area contributed by atoms with E-state index >= 15 is 0 Å². The highest BCUT2D eigenvalue weighted by atomic mass is 16.2. The average molecular weight is 369 g/mol. The zero-order valence-electron chi connectivity index (χ0n) is 17.1. The maximum Gasteiger partial charge on any atom is 0.236 e. The summed E-state index contributed by atoms with van der Waals surface area (Å²) in [5.74, 6) is 0.885. The number of H-pyrrole nitrogens is 1. The van der Waals surface area contributed by atoms with Gasteiger partial charge in [-0.25, -0.2) is 0 Å². The number of rotatable bonds is 4. The van der Waals surface area contributed by atoms with Crippen LogP contribution in [0, 0.1) is 19.8 Å². The first-order valence-electron chi connectivity index (χ1n) is 10.1. The number of aromatic amines is 1. The Bertz CT molecular complexity index is 840. The molecule has 27 heavy (non-hydrogen) atoms. The van der Waals surface area contributed by atoms with Crippen LogP contribution in [0.4, 0.5) is 0 Å². The molecule has 1 aromatic heterocycles. The summed E-state index contributed by atoms with van der Waals surface area (Å²) in [4.78, 5) is 22.6. The number of piperidine rings is 1. The lowest BCUT2D eigenvalue weighted by molar-refractivity contribution is -0.130. The van der Waals surface area contributed by atoms with E-state index in [1.54, 1.807) is 4.90 Å². The van der Waals surface area contributed by atoms with Gasteiger partial charge in [-0.15, -0.1) is 0 Å². The lowest BCUT2D eigenvalue weighted by atomic mass is 9.94. The number of carbonyl (C=O) groups excluding carboxylic acids is 1. The van der Waals surface area contributed by atoms with Crippen LogP contribution >= 0.6 is 0 Å². The van der Waals surface area contributed by atoms with E-state index in [0.29, 0.717) is 18.5 Å². The molecule has 2 bridgehead atoms. The van der Waals surface area contributed by atoms with E-state index in [4.69, 9.17) is 0 Å². The van der Waals surface area contributed by atoms with Gasteiger partial charge in [0.05, 0.1) is 6.54 Å². The number of aromatic nitrogens is 1. The lowest BCUT2D eigenvalue weighted by Gasteiger charge is -2.36. The molecule has 4 heterocycles. The van der Waals surface area contributed by atoms with Crippen molar-refractivity contribution in [1.82, 2.24) is 19.7 Å². The third kappa shape index (κ3) is 3.76. The molecule has 0 unspecified atom stereocenters. The molecular formula is C22H32N4O. The topological polar surface area (TPSA) is 42.6 Å². The summed E-state index contributed by atoms with van der Waals surface area (Å²) in [6.45, 7) is 9.14. The molecule has 5 heteroatoms. The van der Waals surface area contributed by atoms with E-state index < -0.39 is 0 Å². The lowest BCUT2D eigenvalue weighted by Crippen LogP contribution is -2.44. The fraction of sp³-hybridized carbons (Fsp3) is 0.591. The molecule has 0 saturated carbocycles. The van der Waals surface area contributed by atoms with Crippen molar-refractivity contribution < 1.29 is 4.79 Å². The summed E-state index contributed by atoms with van der Waals surface area (Å²) in [6, 6.07) is 7.21. The Morgan fingerprint density at radius 3 is 2.78 bits per heavy atom. The van der Waals surface area contributed by atoms with E-state index in [-0.39, 0.29) is 5.91 Å². The van der Waals surface area contributed by atoms with Crippen LogP contribution in [-0.4, -0.2) is 71.9 Å². The minimum absolute atomic E-state index is 0.213. The molecule has 3 aliphatic rings. The molecule has 2 atom stereocenters. The quantitative estimate of drug-likeness (QED) is 0.902. The van der Waals surface area contributed by atoms with E-state index in [0.717, 1.165) is 26.2 Å². The number of fused-ring (bicyclic) bond motifs is 5. The average Bonchev–Trinajstić information content (AvgIpc) is 2.77. The molecule has 1 aromatic carbocycles. The second-order valence-corrected chi connectivity index (χ2v) is 8.79. The van der Waals surface area contributed by atoms with Crippen LogP contribution in [0.5, 0.6) is 0 Å². The molecule has 0 aliphatic carbocycles. The molecule has 5 nitrogen and oxygen atoms in total. The van der Waals surface area contributed by atoms with Crippen molar-refractivity contribution in [3.05, 3.63) is 35.0 Å². The fourth-order valence-corrected chi connectivity index (χ4v) is 4.79. The fourth-order valence-electron chi connectivity index (χ4n) is 4.79. The number of hydrogen-bond acceptors (Lipinski definition) is 3. The molecule has 0 radical (unpaired) electrons. The highest BCUT2D eigenvalue weighted by Crippen LogP contribution is 2.31. The van der Waals surface area contributed by atoms with Crippen LogP contribution in [0.15, 0.2) is 18.2 Å². The van der Waals surface area contributed by atoms with Crippen LogP contribution in [0.2, 0.25) is 0 Å². The first-order valence-corrected chi connectivity index (χ1v) is 10.1. The first-order chi connectivity index (χ1) is 12.9. The molecule has 3 fully saturated rings. The summed E-state index contributed by atoms with van der Waals surface area (Å²) >= 11 is 0. The third-order valence-electron chi connectivity index (χ3n) is 6.44. The van der Waals surface area contributed by atoms with Gasteiger partial charge in [0.1, 0.15) is 0 Å². The second kappa shape index (κ2) is 7.28. The van der Waals surface area contributed by atoms with Crippen LogP contribution < -0.4 is 0 Å². The van der Waals surface area contributed by atoms with Gasteiger partial charge in [0.2, 0.25) is 5.91 Å². The van der Waals surface area contributed by atoms with E-state index in [2.05, 4.69) is 46.8 Å². The number of nitrogens with zero attached hydrogens (tertiary/aromatic N) is 3. The van der Waals surface area contributed by atoms with Crippen molar-refractivity contribution in [1.29, 1.82) is 0 Å². The summed E-state index contributed by atoms with van der Waals surface area (Å²) in [5.41, 5.74) is 5.28. The predicted octanol–water partition coefficient (Wildman–Crippen LogP) is 2.77. The van der Waals surface area contributed by atoms with Gasteiger partial charge in [-0.1, -0.05) is 11.6 Å². The Hall–Kier alpha value is -1.85. The van der Waals surface area contributed by atoms with Crippen LogP contribution in [0.25, 0.3) is 10.9 Å². The predicted molar refractivity (Wildman–Crippen MR) is 110 cm³/mol. The van der Waals surface area contributed by atoms with Crippen molar-refractivity contribution in [2.45, 2.75) is 39.3 Å². The molecule has 3 aliphatic heterocycles. The van der Waals surface area contributed by atoms with Gasteiger partial charge in [-0.05, 0) is 50.3 Å². The third-order valence-corrected chi connectivity index (χ3v) is 6.44. The smallest absolute Gasteiger partial charge is 0.236 e. The van der Waals surface area contributed by atoms with Crippen LogP contribution in [0.3, 0.4) is 0 Å². The Morgan fingerprint density at radius 1 is 1.19 bits per heavy atom. The molecular weight excluding hydrogens is 336 g/mol. The van der Waals surface area contributed by atoms with Gasteiger partial charge in [0.15, 0.2) is 0 Å². The first kappa shape index (κ1) is 18.5. The zero-order chi connectivity index (χ0) is 19.1. The minimum Gasteiger partial charge on any atom is -0.357 e. The standard InChI is InChI=1S/C22H32N4O/c1-15-5-8-20-19(9-15)16(2)21(23-20)13-26-11-17-6-7-18(26)12-25(10-17)14-22(27)24(3)4/h5,8-9,17-18,23H,6-7,10-14H2,1-4H3/t17-,18+/m0/s1. The molecule has 5 rings (SSSR count). The van der Waals surface area contributed by atoms with Crippen molar-refractivity contribution in [3.8, 4) is 0 Å². The second-order valence-electron chi connectivity index (χ2n) is 8.79.